The van der Waals surface area contributed by atoms with Crippen LogP contribution in [0.2, 0.25) is 0 Å². The van der Waals surface area contributed by atoms with Crippen LogP contribution >= 0.6 is 0 Å². The van der Waals surface area contributed by atoms with Crippen LogP contribution in [0.5, 0.6) is 0 Å². The third-order valence-electron chi connectivity index (χ3n) is 4.59. The van der Waals surface area contributed by atoms with Crippen LogP contribution < -0.4 is 5.32 Å². The fourth-order valence-electron chi connectivity index (χ4n) is 3.18. The molecule has 0 saturated carbocycles. The minimum atomic E-state index is -0.780. The summed E-state index contributed by atoms with van der Waals surface area (Å²) in [7, 11) is 0. The number of ether oxygens (including phenoxy) is 1. The molecule has 1 aliphatic heterocycles. The van der Waals surface area contributed by atoms with Gasteiger partial charge >= 0.3 is 5.97 Å². The molecule has 0 radical (unpaired) electrons. The van der Waals surface area contributed by atoms with Gasteiger partial charge in [-0.15, -0.1) is 0 Å². The number of rotatable bonds is 5. The molecule has 0 aromatic heterocycles. The first kappa shape index (κ1) is 17.8. The van der Waals surface area contributed by atoms with E-state index >= 15 is 0 Å². The van der Waals surface area contributed by atoms with Gasteiger partial charge in [0, 0.05) is 5.69 Å². The fraction of sp³-hybridized carbons (Fsp3) is 0.368. The highest BCUT2D eigenvalue weighted by molar-refractivity contribution is 6.07. The molecule has 1 heterocycles. The Hall–Kier alpha value is -2.96. The van der Waals surface area contributed by atoms with Gasteiger partial charge in [0.15, 0.2) is 6.61 Å². The molecule has 0 bridgehead atoms. The molecule has 1 aliphatic carbocycles. The standard InChI is InChI=1S/C19H20N2O5/c1-12-6-8-13(9-7-12)20-16(22)11-26-17(23)10-21-18(24)14-4-2-3-5-15(14)19(21)25/h2-3,6-9,14-15H,4-5,10-11H2,1H3,(H,20,22)/t14-,15+. The average molecular weight is 356 g/mol. The maximum atomic E-state index is 12.3. The smallest absolute Gasteiger partial charge is 0.326 e. The highest BCUT2D eigenvalue weighted by Crippen LogP contribution is 2.34. The van der Waals surface area contributed by atoms with Gasteiger partial charge in [0.1, 0.15) is 6.54 Å². The second-order valence-corrected chi connectivity index (χ2v) is 6.49. The Labute approximate surface area is 151 Å². The van der Waals surface area contributed by atoms with Crippen molar-refractivity contribution in [3.63, 3.8) is 0 Å². The molecule has 26 heavy (non-hydrogen) atoms. The van der Waals surface area contributed by atoms with Crippen molar-refractivity contribution < 1.29 is 23.9 Å². The monoisotopic (exact) mass is 356 g/mol. The summed E-state index contributed by atoms with van der Waals surface area (Å²) in [6.45, 7) is 1.00. The second-order valence-electron chi connectivity index (χ2n) is 6.49. The largest absolute Gasteiger partial charge is 0.454 e. The zero-order valence-electron chi connectivity index (χ0n) is 14.4. The number of fused-ring (bicyclic) bond motifs is 1. The summed E-state index contributed by atoms with van der Waals surface area (Å²) in [5.41, 5.74) is 1.66. The van der Waals surface area contributed by atoms with E-state index in [2.05, 4.69) is 5.32 Å². The van der Waals surface area contributed by atoms with E-state index in [1.807, 2.05) is 31.2 Å². The van der Waals surface area contributed by atoms with E-state index in [1.165, 1.54) is 0 Å². The summed E-state index contributed by atoms with van der Waals surface area (Å²) < 4.78 is 4.90. The molecule has 2 aliphatic rings. The van der Waals surface area contributed by atoms with E-state index < -0.39 is 25.0 Å². The van der Waals surface area contributed by atoms with Crippen LogP contribution in [0.4, 0.5) is 5.69 Å². The molecule has 0 unspecified atom stereocenters. The molecule has 0 spiro atoms. The number of carbonyl (C=O) groups is 4. The van der Waals surface area contributed by atoms with Gasteiger partial charge in [-0.05, 0) is 31.9 Å². The Balaban J connectivity index is 1.48. The van der Waals surface area contributed by atoms with Crippen LogP contribution in [-0.2, 0) is 23.9 Å². The highest BCUT2D eigenvalue weighted by atomic mass is 16.5. The predicted octanol–water partition coefficient (Wildman–Crippen LogP) is 1.43. The van der Waals surface area contributed by atoms with Crippen LogP contribution in [0.1, 0.15) is 18.4 Å². The Bertz CT molecular complexity index is 743. The molecule has 136 valence electrons. The van der Waals surface area contributed by atoms with Crippen LogP contribution in [0.25, 0.3) is 0 Å². The number of anilines is 1. The number of nitrogens with one attached hydrogen (secondary N) is 1. The topological polar surface area (TPSA) is 92.8 Å². The van der Waals surface area contributed by atoms with Crippen molar-refractivity contribution in [1.82, 2.24) is 4.90 Å². The Morgan fingerprint density at radius 1 is 1.08 bits per heavy atom. The normalized spacial score (nSPS) is 21.5. The first-order chi connectivity index (χ1) is 12.5. The molecular weight excluding hydrogens is 336 g/mol. The van der Waals surface area contributed by atoms with Crippen LogP contribution in [0.15, 0.2) is 36.4 Å². The Kier molecular flexibility index (Phi) is 5.16. The lowest BCUT2D eigenvalue weighted by atomic mass is 9.85. The first-order valence-corrected chi connectivity index (χ1v) is 8.48. The van der Waals surface area contributed by atoms with Gasteiger partial charge in [-0.3, -0.25) is 24.1 Å². The van der Waals surface area contributed by atoms with Crippen molar-refractivity contribution in [1.29, 1.82) is 0 Å². The molecule has 1 saturated heterocycles. The van der Waals surface area contributed by atoms with Crippen LogP contribution in [0, 0.1) is 18.8 Å². The summed E-state index contributed by atoms with van der Waals surface area (Å²) in [6.07, 6.45) is 4.78. The minimum absolute atomic E-state index is 0.342. The number of aryl methyl sites for hydroxylation is 1. The quantitative estimate of drug-likeness (QED) is 0.489. The highest BCUT2D eigenvalue weighted by Gasteiger charge is 2.47. The lowest BCUT2D eigenvalue weighted by Crippen LogP contribution is -2.37. The number of benzene rings is 1. The third-order valence-corrected chi connectivity index (χ3v) is 4.59. The van der Waals surface area contributed by atoms with Crippen molar-refractivity contribution in [2.45, 2.75) is 19.8 Å². The number of amides is 3. The van der Waals surface area contributed by atoms with Gasteiger partial charge in [0.05, 0.1) is 11.8 Å². The minimum Gasteiger partial charge on any atom is -0.454 e. The Morgan fingerprint density at radius 3 is 2.23 bits per heavy atom. The molecule has 2 atom stereocenters. The van der Waals surface area contributed by atoms with E-state index in [1.54, 1.807) is 12.1 Å². The summed E-state index contributed by atoms with van der Waals surface area (Å²) in [4.78, 5) is 49.3. The molecule has 1 fully saturated rings. The number of imide groups is 1. The van der Waals surface area contributed by atoms with E-state index in [9.17, 15) is 19.2 Å². The maximum Gasteiger partial charge on any atom is 0.326 e. The van der Waals surface area contributed by atoms with Gasteiger partial charge in [0.25, 0.3) is 5.91 Å². The van der Waals surface area contributed by atoms with E-state index in [0.717, 1.165) is 10.5 Å². The van der Waals surface area contributed by atoms with Crippen LogP contribution in [0.3, 0.4) is 0 Å². The van der Waals surface area contributed by atoms with Gasteiger partial charge in [0.2, 0.25) is 11.8 Å². The zero-order chi connectivity index (χ0) is 18.7. The predicted molar refractivity (Wildman–Crippen MR) is 92.8 cm³/mol. The van der Waals surface area contributed by atoms with E-state index in [4.69, 9.17) is 4.74 Å². The van der Waals surface area contributed by atoms with Crippen molar-refractivity contribution in [3.8, 4) is 0 Å². The number of allylic oxidation sites excluding steroid dienone is 2. The number of carbonyl (C=O) groups excluding carboxylic acids is 4. The number of nitrogens with zero attached hydrogens (tertiary/aromatic N) is 1. The second kappa shape index (κ2) is 7.51. The van der Waals surface area contributed by atoms with Crippen LogP contribution in [-0.4, -0.2) is 41.7 Å². The number of likely N-dealkylation sites (tertiary alicyclic amines) is 1. The zero-order valence-corrected chi connectivity index (χ0v) is 14.4. The Morgan fingerprint density at radius 2 is 1.65 bits per heavy atom. The molecule has 1 aromatic carbocycles. The van der Waals surface area contributed by atoms with Crippen molar-refractivity contribution in [2.75, 3.05) is 18.5 Å². The summed E-state index contributed by atoms with van der Waals surface area (Å²) in [5.74, 6) is -2.72. The fourth-order valence-corrected chi connectivity index (χ4v) is 3.18. The molecular formula is C19H20N2O5. The summed E-state index contributed by atoms with van der Waals surface area (Å²) >= 11 is 0. The van der Waals surface area contributed by atoms with E-state index in [0.29, 0.717) is 18.5 Å². The summed E-state index contributed by atoms with van der Waals surface area (Å²) in [6, 6.07) is 7.18. The number of hydrogen-bond acceptors (Lipinski definition) is 5. The molecule has 7 heteroatoms. The van der Waals surface area contributed by atoms with Gasteiger partial charge in [-0.1, -0.05) is 29.8 Å². The van der Waals surface area contributed by atoms with Crippen molar-refractivity contribution in [2.24, 2.45) is 11.8 Å². The van der Waals surface area contributed by atoms with Crippen molar-refractivity contribution >= 4 is 29.4 Å². The molecule has 3 amide bonds. The number of hydrogen-bond donors (Lipinski definition) is 1. The number of esters is 1. The van der Waals surface area contributed by atoms with Gasteiger partial charge in [-0.2, -0.15) is 0 Å². The summed E-state index contributed by atoms with van der Waals surface area (Å²) in [5, 5.41) is 2.60. The first-order valence-electron chi connectivity index (χ1n) is 8.48. The van der Waals surface area contributed by atoms with Gasteiger partial charge in [-0.25, -0.2) is 0 Å². The molecule has 3 rings (SSSR count). The molecule has 1 N–H and O–H groups in total. The third kappa shape index (κ3) is 3.82. The van der Waals surface area contributed by atoms with Gasteiger partial charge < -0.3 is 10.1 Å². The lowest BCUT2D eigenvalue weighted by molar-refractivity contribution is -0.154. The SMILES string of the molecule is Cc1ccc(NC(=O)COC(=O)CN2C(=O)[C@H]3CC=CC[C@H]3C2=O)cc1. The average Bonchev–Trinajstić information content (AvgIpc) is 2.87. The molecule has 1 aromatic rings. The van der Waals surface area contributed by atoms with Crippen molar-refractivity contribution in [3.05, 3.63) is 42.0 Å². The maximum absolute atomic E-state index is 12.3. The molecule has 7 nitrogen and oxygen atoms in total. The lowest BCUT2D eigenvalue weighted by Gasteiger charge is -2.14. The van der Waals surface area contributed by atoms with E-state index in [-0.39, 0.29) is 23.7 Å².